The third-order valence-corrected chi connectivity index (χ3v) is 3.96. The van der Waals surface area contributed by atoms with E-state index >= 15 is 0 Å². The molecular weight excluding hydrogens is 308 g/mol. The van der Waals surface area contributed by atoms with Gasteiger partial charge in [0, 0.05) is 0 Å². The second-order valence-electron chi connectivity index (χ2n) is 6.93. The molecule has 0 aliphatic carbocycles. The molecule has 1 N–H and O–H groups in total. The van der Waals surface area contributed by atoms with Crippen LogP contribution in [-0.4, -0.2) is 40.5 Å². The lowest BCUT2D eigenvalue weighted by atomic mass is 10.1. The highest BCUT2D eigenvalue weighted by molar-refractivity contribution is 6.21. The Kier molecular flexibility index (Phi) is 4.96. The van der Waals surface area contributed by atoms with Crippen LogP contribution in [0.25, 0.3) is 0 Å². The molecule has 6 heteroatoms. The smallest absolute Gasteiger partial charge is 0.407 e. The summed E-state index contributed by atoms with van der Waals surface area (Å²) in [6.45, 7) is 8.98. The topological polar surface area (TPSA) is 75.7 Å². The summed E-state index contributed by atoms with van der Waals surface area (Å²) in [5.74, 6) is -0.653. The van der Waals surface area contributed by atoms with Gasteiger partial charge in [-0.05, 0) is 46.2 Å². The van der Waals surface area contributed by atoms with E-state index in [0.29, 0.717) is 17.5 Å². The van der Waals surface area contributed by atoms with Crippen LogP contribution in [0, 0.1) is 0 Å². The van der Waals surface area contributed by atoms with Crippen molar-refractivity contribution in [1.29, 1.82) is 0 Å². The zero-order chi connectivity index (χ0) is 18.1. The Hall–Kier alpha value is -2.37. The number of ether oxygens (including phenoxy) is 1. The van der Waals surface area contributed by atoms with E-state index in [1.807, 2.05) is 6.92 Å². The molecule has 3 amide bonds. The number of carbonyl (C=O) groups is 3. The summed E-state index contributed by atoms with van der Waals surface area (Å²) in [6, 6.07) is 5.88. The molecule has 6 nitrogen and oxygen atoms in total. The normalized spacial score (nSPS) is 16.6. The van der Waals surface area contributed by atoms with Gasteiger partial charge in [-0.1, -0.05) is 19.1 Å². The van der Waals surface area contributed by atoms with Gasteiger partial charge < -0.3 is 10.1 Å². The maximum atomic E-state index is 12.5. The quantitative estimate of drug-likeness (QED) is 0.860. The zero-order valence-electron chi connectivity index (χ0n) is 14.8. The van der Waals surface area contributed by atoms with Crippen LogP contribution in [0.2, 0.25) is 0 Å². The van der Waals surface area contributed by atoms with Crippen molar-refractivity contribution < 1.29 is 19.1 Å². The summed E-state index contributed by atoms with van der Waals surface area (Å²) >= 11 is 0. The van der Waals surface area contributed by atoms with E-state index in [1.54, 1.807) is 52.0 Å². The number of amides is 3. The van der Waals surface area contributed by atoms with E-state index in [2.05, 4.69) is 5.32 Å². The van der Waals surface area contributed by atoms with Crippen LogP contribution in [0.15, 0.2) is 24.3 Å². The highest BCUT2D eigenvalue weighted by Crippen LogP contribution is 2.26. The van der Waals surface area contributed by atoms with Crippen molar-refractivity contribution in [3.63, 3.8) is 0 Å². The minimum atomic E-state index is -0.610. The fourth-order valence-corrected chi connectivity index (χ4v) is 2.78. The minimum absolute atomic E-state index is 0.326. The third-order valence-electron chi connectivity index (χ3n) is 3.96. The molecule has 1 aliphatic rings. The Morgan fingerprint density at radius 2 is 1.67 bits per heavy atom. The van der Waals surface area contributed by atoms with E-state index in [-0.39, 0.29) is 17.9 Å². The Morgan fingerprint density at radius 3 is 2.08 bits per heavy atom. The number of imide groups is 1. The lowest BCUT2D eigenvalue weighted by Gasteiger charge is -2.31. The van der Waals surface area contributed by atoms with Gasteiger partial charge in [0.25, 0.3) is 11.8 Å². The van der Waals surface area contributed by atoms with E-state index in [1.165, 1.54) is 4.90 Å². The largest absolute Gasteiger partial charge is 0.444 e. The molecule has 0 aromatic heterocycles. The fraction of sp³-hybridized carbons (Fsp3) is 0.500. The highest BCUT2D eigenvalue weighted by Gasteiger charge is 2.40. The summed E-state index contributed by atoms with van der Waals surface area (Å²) < 4.78 is 5.26. The maximum absolute atomic E-state index is 12.5. The summed E-state index contributed by atoms with van der Waals surface area (Å²) in [4.78, 5) is 38.3. The van der Waals surface area contributed by atoms with Crippen LogP contribution in [-0.2, 0) is 4.74 Å². The first-order valence-electron chi connectivity index (χ1n) is 8.12. The zero-order valence-corrected chi connectivity index (χ0v) is 14.8. The molecule has 0 bridgehead atoms. The summed E-state index contributed by atoms with van der Waals surface area (Å²) in [7, 11) is 0. The minimum Gasteiger partial charge on any atom is -0.444 e. The number of nitrogens with zero attached hydrogens (tertiary/aromatic N) is 1. The van der Waals surface area contributed by atoms with Gasteiger partial charge in [-0.2, -0.15) is 0 Å². The molecule has 0 spiro atoms. The van der Waals surface area contributed by atoms with Gasteiger partial charge in [0.05, 0.1) is 23.2 Å². The summed E-state index contributed by atoms with van der Waals surface area (Å²) in [6.07, 6.45) is 0.00572. The lowest BCUT2D eigenvalue weighted by molar-refractivity contribution is 0.0419. The van der Waals surface area contributed by atoms with Crippen molar-refractivity contribution in [3.05, 3.63) is 35.4 Å². The molecule has 24 heavy (non-hydrogen) atoms. The summed E-state index contributed by atoms with van der Waals surface area (Å²) in [5.41, 5.74) is 0.198. The molecule has 0 saturated carbocycles. The molecular formula is C18H24N2O4. The van der Waals surface area contributed by atoms with Crippen LogP contribution in [0.4, 0.5) is 4.79 Å². The molecule has 1 heterocycles. The SMILES string of the molecule is CC[C@H](NC(=O)OC(C)(C)C)[C@@H](C)N1C(=O)c2ccccc2C1=O. The van der Waals surface area contributed by atoms with Gasteiger partial charge in [-0.15, -0.1) is 0 Å². The van der Waals surface area contributed by atoms with Gasteiger partial charge in [-0.25, -0.2) is 4.79 Å². The molecule has 0 radical (unpaired) electrons. The fourth-order valence-electron chi connectivity index (χ4n) is 2.78. The highest BCUT2D eigenvalue weighted by atomic mass is 16.6. The van der Waals surface area contributed by atoms with Crippen molar-refractivity contribution >= 4 is 17.9 Å². The van der Waals surface area contributed by atoms with Crippen molar-refractivity contribution in [3.8, 4) is 0 Å². The second kappa shape index (κ2) is 6.63. The molecule has 1 aromatic rings. The number of nitrogens with one attached hydrogen (secondary N) is 1. The first-order valence-corrected chi connectivity index (χ1v) is 8.12. The van der Waals surface area contributed by atoms with Crippen molar-refractivity contribution in [2.24, 2.45) is 0 Å². The number of fused-ring (bicyclic) bond motifs is 1. The van der Waals surface area contributed by atoms with Crippen LogP contribution in [0.5, 0.6) is 0 Å². The third kappa shape index (κ3) is 3.58. The Labute approximate surface area is 142 Å². The van der Waals surface area contributed by atoms with Crippen LogP contribution >= 0.6 is 0 Å². The van der Waals surface area contributed by atoms with Crippen molar-refractivity contribution in [2.45, 2.75) is 58.7 Å². The number of carbonyl (C=O) groups excluding carboxylic acids is 3. The average Bonchev–Trinajstić information content (AvgIpc) is 2.74. The number of hydrogen-bond acceptors (Lipinski definition) is 4. The van der Waals surface area contributed by atoms with Gasteiger partial charge in [0.2, 0.25) is 0 Å². The van der Waals surface area contributed by atoms with Gasteiger partial charge in [-0.3, -0.25) is 14.5 Å². The standard InChI is InChI=1S/C18H24N2O4/c1-6-14(19-17(23)24-18(3,4)5)11(2)20-15(21)12-9-7-8-10-13(12)16(20)22/h7-11,14H,6H2,1-5H3,(H,19,23)/t11-,14+/m1/s1. The Balaban J connectivity index is 2.15. The predicted molar refractivity (Wildman–Crippen MR) is 89.9 cm³/mol. The number of rotatable bonds is 4. The van der Waals surface area contributed by atoms with E-state index in [0.717, 1.165) is 0 Å². The molecule has 130 valence electrons. The first-order chi connectivity index (χ1) is 11.2. The molecule has 2 atom stereocenters. The van der Waals surface area contributed by atoms with Gasteiger partial charge in [0.15, 0.2) is 0 Å². The van der Waals surface area contributed by atoms with Crippen LogP contribution in [0.3, 0.4) is 0 Å². The van der Waals surface area contributed by atoms with E-state index < -0.39 is 17.7 Å². The van der Waals surface area contributed by atoms with Crippen molar-refractivity contribution in [2.75, 3.05) is 0 Å². The van der Waals surface area contributed by atoms with Crippen LogP contribution < -0.4 is 5.32 Å². The monoisotopic (exact) mass is 332 g/mol. The number of alkyl carbamates (subject to hydrolysis) is 1. The molecule has 2 rings (SSSR count). The van der Waals surface area contributed by atoms with Gasteiger partial charge >= 0.3 is 6.09 Å². The first kappa shape index (κ1) is 18.0. The number of hydrogen-bond donors (Lipinski definition) is 1. The van der Waals surface area contributed by atoms with Crippen LogP contribution in [0.1, 0.15) is 61.8 Å². The lowest BCUT2D eigenvalue weighted by Crippen LogP contribution is -2.52. The number of benzene rings is 1. The molecule has 0 fully saturated rings. The molecule has 0 unspecified atom stereocenters. The molecule has 1 aromatic carbocycles. The Morgan fingerprint density at radius 1 is 1.17 bits per heavy atom. The maximum Gasteiger partial charge on any atom is 0.407 e. The average molecular weight is 332 g/mol. The second-order valence-corrected chi connectivity index (χ2v) is 6.93. The van der Waals surface area contributed by atoms with Gasteiger partial charge in [0.1, 0.15) is 5.60 Å². The predicted octanol–water partition coefficient (Wildman–Crippen LogP) is 2.97. The van der Waals surface area contributed by atoms with E-state index in [9.17, 15) is 14.4 Å². The Bertz CT molecular complexity index is 628. The summed E-state index contributed by atoms with van der Waals surface area (Å²) in [5, 5.41) is 2.76. The van der Waals surface area contributed by atoms with E-state index in [4.69, 9.17) is 4.74 Å². The molecule has 1 aliphatic heterocycles. The molecule has 0 saturated heterocycles. The van der Waals surface area contributed by atoms with Crippen molar-refractivity contribution in [1.82, 2.24) is 10.2 Å².